The molecule has 0 saturated carbocycles. The first-order chi connectivity index (χ1) is 5.11. The predicted octanol–water partition coefficient (Wildman–Crippen LogP) is -0.389. The van der Waals surface area contributed by atoms with E-state index < -0.39 is 17.8 Å². The van der Waals surface area contributed by atoms with Crippen molar-refractivity contribution in [3.05, 3.63) is 0 Å². The molecule has 0 aliphatic carbocycles. The molecule has 0 spiro atoms. The van der Waals surface area contributed by atoms with Gasteiger partial charge in [0, 0.05) is 52.5 Å². The summed E-state index contributed by atoms with van der Waals surface area (Å²) in [4.78, 5) is 36.1. The van der Waals surface area contributed by atoms with E-state index in [2.05, 4.69) is 4.84 Å². The Morgan fingerprint density at radius 1 is 1.33 bits per heavy atom. The Hall–Kier alpha value is -0.286. The van der Waals surface area contributed by atoms with Crippen molar-refractivity contribution in [2.24, 2.45) is 0 Å². The van der Waals surface area contributed by atoms with Crippen LogP contribution in [-0.4, -0.2) is 22.8 Å². The normalized spacial score (nSPS) is 15.9. The van der Waals surface area contributed by atoms with Crippen LogP contribution < -0.4 is 0 Å². The Labute approximate surface area is 94.3 Å². The standard InChI is InChI=1S/C6H7NO4.Y/c1-4(8)11-7-5(9)2-3-6(7)10;/h2-3H2,1H3;. The summed E-state index contributed by atoms with van der Waals surface area (Å²) in [7, 11) is 0. The van der Waals surface area contributed by atoms with Crippen molar-refractivity contribution < 1.29 is 51.9 Å². The summed E-state index contributed by atoms with van der Waals surface area (Å²) < 4.78 is 0. The maximum atomic E-state index is 10.7. The molecule has 0 aromatic carbocycles. The average molecular weight is 246 g/mol. The van der Waals surface area contributed by atoms with Crippen molar-refractivity contribution in [1.82, 2.24) is 5.06 Å². The fraction of sp³-hybridized carbons (Fsp3) is 0.500. The minimum atomic E-state index is -0.659. The van der Waals surface area contributed by atoms with Gasteiger partial charge in [-0.25, -0.2) is 4.79 Å². The van der Waals surface area contributed by atoms with Crippen LogP contribution in [0.15, 0.2) is 0 Å². The Bertz CT molecular complexity index is 212. The van der Waals surface area contributed by atoms with Crippen molar-refractivity contribution in [2.75, 3.05) is 0 Å². The van der Waals surface area contributed by atoms with Gasteiger partial charge in [-0.05, 0) is 0 Å². The van der Waals surface area contributed by atoms with E-state index in [9.17, 15) is 14.4 Å². The summed E-state index contributed by atoms with van der Waals surface area (Å²) in [6.07, 6.45) is 0.262. The quantitative estimate of drug-likeness (QED) is 0.591. The molecule has 63 valence electrons. The van der Waals surface area contributed by atoms with E-state index >= 15 is 0 Å². The van der Waals surface area contributed by atoms with Crippen molar-refractivity contribution in [1.29, 1.82) is 0 Å². The average Bonchev–Trinajstić information content (AvgIpc) is 2.18. The van der Waals surface area contributed by atoms with Crippen LogP contribution in [0, 0.1) is 0 Å². The Morgan fingerprint density at radius 2 is 1.75 bits per heavy atom. The summed E-state index contributed by atoms with van der Waals surface area (Å²) in [5.74, 6) is -1.57. The van der Waals surface area contributed by atoms with E-state index in [4.69, 9.17) is 0 Å². The van der Waals surface area contributed by atoms with Crippen LogP contribution in [0.25, 0.3) is 0 Å². The van der Waals surface area contributed by atoms with Crippen LogP contribution in [-0.2, 0) is 51.9 Å². The molecule has 1 saturated heterocycles. The van der Waals surface area contributed by atoms with Gasteiger partial charge in [0.2, 0.25) is 0 Å². The topological polar surface area (TPSA) is 63.7 Å². The van der Waals surface area contributed by atoms with Gasteiger partial charge >= 0.3 is 5.97 Å². The zero-order valence-corrected chi connectivity index (χ0v) is 9.41. The van der Waals surface area contributed by atoms with Gasteiger partial charge < -0.3 is 4.84 Å². The second-order valence-corrected chi connectivity index (χ2v) is 2.16. The third kappa shape index (κ3) is 2.64. The van der Waals surface area contributed by atoms with E-state index in [0.717, 1.165) is 6.92 Å². The largest absolute Gasteiger partial charge is 0.331 e. The molecule has 1 radical (unpaired) electrons. The molecule has 0 bridgehead atoms. The van der Waals surface area contributed by atoms with Gasteiger partial charge in [-0.3, -0.25) is 9.59 Å². The number of amides is 2. The third-order valence-corrected chi connectivity index (χ3v) is 1.23. The van der Waals surface area contributed by atoms with Crippen LogP contribution >= 0.6 is 0 Å². The maximum absolute atomic E-state index is 10.7. The molecule has 1 fully saturated rings. The minimum absolute atomic E-state index is 0. The fourth-order valence-corrected chi connectivity index (χ4v) is 0.786. The van der Waals surface area contributed by atoms with E-state index in [-0.39, 0.29) is 45.6 Å². The molecule has 0 atom stereocenters. The number of rotatable bonds is 1. The van der Waals surface area contributed by atoms with E-state index in [1.165, 1.54) is 0 Å². The molecule has 0 unspecified atom stereocenters. The molecule has 0 aromatic rings. The molecule has 1 rings (SSSR count). The van der Waals surface area contributed by atoms with Gasteiger partial charge in [0.05, 0.1) is 0 Å². The number of carbonyl (C=O) groups excluding carboxylic acids is 3. The molecule has 1 heterocycles. The number of hydrogen-bond acceptors (Lipinski definition) is 4. The summed E-state index contributed by atoms with van der Waals surface area (Å²) in [6.45, 7) is 1.14. The Kier molecular flexibility index (Phi) is 4.56. The molecule has 6 heteroatoms. The number of nitrogens with zero attached hydrogens (tertiary/aromatic N) is 1. The minimum Gasteiger partial charge on any atom is -0.331 e. The second kappa shape index (κ2) is 4.67. The maximum Gasteiger partial charge on any atom is 0.330 e. The van der Waals surface area contributed by atoms with Gasteiger partial charge in [-0.15, -0.1) is 5.06 Å². The number of carbonyl (C=O) groups is 3. The van der Waals surface area contributed by atoms with E-state index in [1.807, 2.05) is 0 Å². The fourth-order valence-electron chi connectivity index (χ4n) is 0.786. The van der Waals surface area contributed by atoms with Crippen LogP contribution in [0.2, 0.25) is 0 Å². The molecule has 0 N–H and O–H groups in total. The first-order valence-corrected chi connectivity index (χ1v) is 3.15. The van der Waals surface area contributed by atoms with Crippen molar-refractivity contribution >= 4 is 17.8 Å². The molecule has 1 aliphatic heterocycles. The number of imide groups is 1. The van der Waals surface area contributed by atoms with Crippen LogP contribution in [0.4, 0.5) is 0 Å². The van der Waals surface area contributed by atoms with Crippen molar-refractivity contribution in [3.8, 4) is 0 Å². The Morgan fingerprint density at radius 3 is 2.08 bits per heavy atom. The molecule has 1 aliphatic rings. The second-order valence-electron chi connectivity index (χ2n) is 2.16. The monoisotopic (exact) mass is 246 g/mol. The van der Waals surface area contributed by atoms with Gasteiger partial charge in [-0.2, -0.15) is 0 Å². The summed E-state index contributed by atoms with van der Waals surface area (Å²) in [5.41, 5.74) is 0. The summed E-state index contributed by atoms with van der Waals surface area (Å²) >= 11 is 0. The molecule has 0 aromatic heterocycles. The van der Waals surface area contributed by atoms with Gasteiger partial charge in [-0.1, -0.05) is 0 Å². The van der Waals surface area contributed by atoms with Crippen LogP contribution in [0.3, 0.4) is 0 Å². The molecule has 5 nitrogen and oxygen atoms in total. The SMILES string of the molecule is CC(=O)ON1C(=O)CCC1=O.[Y]. The van der Waals surface area contributed by atoms with Crippen LogP contribution in [0.5, 0.6) is 0 Å². The third-order valence-electron chi connectivity index (χ3n) is 1.23. The van der Waals surface area contributed by atoms with Crippen molar-refractivity contribution in [3.63, 3.8) is 0 Å². The van der Waals surface area contributed by atoms with Gasteiger partial charge in [0.1, 0.15) is 0 Å². The van der Waals surface area contributed by atoms with Crippen molar-refractivity contribution in [2.45, 2.75) is 19.8 Å². The first-order valence-electron chi connectivity index (χ1n) is 3.15. The van der Waals surface area contributed by atoms with E-state index in [0.29, 0.717) is 5.06 Å². The molecular formula is C6H7NO4Y. The Balaban J connectivity index is 0.00000121. The summed E-state index contributed by atoms with van der Waals surface area (Å²) in [6, 6.07) is 0. The predicted molar refractivity (Wildman–Crippen MR) is 32.9 cm³/mol. The molecule has 12 heavy (non-hydrogen) atoms. The summed E-state index contributed by atoms with van der Waals surface area (Å²) in [5, 5.41) is 0.516. The van der Waals surface area contributed by atoms with Gasteiger partial charge in [0.15, 0.2) is 0 Å². The zero-order valence-electron chi connectivity index (χ0n) is 6.57. The number of hydroxylamine groups is 2. The zero-order chi connectivity index (χ0) is 8.43. The van der Waals surface area contributed by atoms with Gasteiger partial charge in [0.25, 0.3) is 11.8 Å². The smallest absolute Gasteiger partial charge is 0.330 e. The van der Waals surface area contributed by atoms with E-state index in [1.54, 1.807) is 0 Å². The molecule has 2 amide bonds. The van der Waals surface area contributed by atoms with Crippen LogP contribution in [0.1, 0.15) is 19.8 Å². The molecular weight excluding hydrogens is 239 g/mol. The first kappa shape index (κ1) is 11.7. The number of hydrogen-bond donors (Lipinski definition) is 0.